The highest BCUT2D eigenvalue weighted by molar-refractivity contribution is 6.08. The van der Waals surface area contributed by atoms with Gasteiger partial charge in [0.25, 0.3) is 5.91 Å². The second-order valence-corrected chi connectivity index (χ2v) is 5.56. The average Bonchev–Trinajstić information content (AvgIpc) is 2.96. The maximum absolute atomic E-state index is 12.8. The van der Waals surface area contributed by atoms with Gasteiger partial charge in [-0.25, -0.2) is 0 Å². The molecule has 2 rings (SSSR count). The predicted octanol–water partition coefficient (Wildman–Crippen LogP) is 1.56. The highest BCUT2D eigenvalue weighted by atomic mass is 16.2. The van der Waals surface area contributed by atoms with Gasteiger partial charge in [0.1, 0.15) is 12.1 Å². The van der Waals surface area contributed by atoms with Gasteiger partial charge in [-0.05, 0) is 19.3 Å². The van der Waals surface area contributed by atoms with E-state index in [1.165, 1.54) is 0 Å². The lowest BCUT2D eigenvalue weighted by Crippen LogP contribution is -2.65. The molecule has 2 amide bonds. The van der Waals surface area contributed by atoms with Crippen LogP contribution in [0.1, 0.15) is 40.5 Å². The number of hydrogen-bond donors (Lipinski definition) is 1. The van der Waals surface area contributed by atoms with Crippen LogP contribution in [0.15, 0.2) is 12.4 Å². The van der Waals surface area contributed by atoms with E-state index in [1.54, 1.807) is 15.8 Å². The van der Waals surface area contributed by atoms with E-state index in [9.17, 15) is 9.59 Å². The predicted molar refractivity (Wildman–Crippen MR) is 80.9 cm³/mol. The van der Waals surface area contributed by atoms with Crippen molar-refractivity contribution in [3.8, 4) is 0 Å². The molecule has 1 saturated heterocycles. The van der Waals surface area contributed by atoms with E-state index in [-0.39, 0.29) is 17.7 Å². The molecule has 0 spiro atoms. The molecule has 3 unspecified atom stereocenters. The first-order valence-electron chi connectivity index (χ1n) is 7.69. The van der Waals surface area contributed by atoms with E-state index in [0.717, 1.165) is 13.0 Å². The molecule has 0 saturated carbocycles. The number of hydrogen-bond acceptors (Lipinski definition) is 3. The Labute approximate surface area is 125 Å². The van der Waals surface area contributed by atoms with Crippen LogP contribution in [-0.4, -0.2) is 33.7 Å². The van der Waals surface area contributed by atoms with E-state index < -0.39 is 12.1 Å². The van der Waals surface area contributed by atoms with Crippen molar-refractivity contribution in [1.29, 1.82) is 0 Å². The highest BCUT2D eigenvalue weighted by Gasteiger charge is 2.42. The van der Waals surface area contributed by atoms with Crippen LogP contribution in [-0.2, 0) is 16.1 Å². The van der Waals surface area contributed by atoms with Crippen LogP contribution in [0, 0.1) is 5.92 Å². The molecule has 6 heteroatoms. The molecule has 116 valence electrons. The number of anilines is 1. The monoisotopic (exact) mass is 292 g/mol. The Balaban J connectivity index is 2.36. The van der Waals surface area contributed by atoms with Gasteiger partial charge in [0.05, 0.1) is 11.9 Å². The number of nitrogens with one attached hydrogen (secondary N) is 1. The van der Waals surface area contributed by atoms with Crippen molar-refractivity contribution in [2.24, 2.45) is 5.92 Å². The van der Waals surface area contributed by atoms with Crippen LogP contribution in [0.5, 0.6) is 0 Å². The second-order valence-electron chi connectivity index (χ2n) is 5.56. The van der Waals surface area contributed by atoms with Crippen molar-refractivity contribution in [2.45, 2.75) is 59.2 Å². The Morgan fingerprint density at radius 2 is 2.05 bits per heavy atom. The summed E-state index contributed by atoms with van der Waals surface area (Å²) in [5.74, 6) is 0.000998. The molecule has 1 aliphatic rings. The van der Waals surface area contributed by atoms with E-state index >= 15 is 0 Å². The van der Waals surface area contributed by atoms with Gasteiger partial charge < -0.3 is 5.32 Å². The van der Waals surface area contributed by atoms with Gasteiger partial charge in [-0.2, -0.15) is 5.10 Å². The third-order valence-electron chi connectivity index (χ3n) is 4.24. The summed E-state index contributed by atoms with van der Waals surface area (Å²) in [4.78, 5) is 26.8. The molecule has 1 aromatic rings. The lowest BCUT2D eigenvalue weighted by atomic mass is 9.93. The topological polar surface area (TPSA) is 67.2 Å². The lowest BCUT2D eigenvalue weighted by Gasteiger charge is -2.39. The highest BCUT2D eigenvalue weighted by Crippen LogP contribution is 2.25. The van der Waals surface area contributed by atoms with Crippen molar-refractivity contribution in [2.75, 3.05) is 4.90 Å². The zero-order chi connectivity index (χ0) is 15.6. The molecule has 3 atom stereocenters. The molecule has 2 heterocycles. The molecule has 0 bridgehead atoms. The van der Waals surface area contributed by atoms with Crippen LogP contribution in [0.4, 0.5) is 5.69 Å². The first-order valence-corrected chi connectivity index (χ1v) is 7.69. The fraction of sp³-hybridized carbons (Fsp3) is 0.667. The summed E-state index contributed by atoms with van der Waals surface area (Å²) in [6, 6.07) is -0.900. The normalized spacial score (nSPS) is 24.1. The standard InChI is InChI=1S/C15H24N4O2/c1-5-10(4)13-15(21)19(12(6-2)14(20)17-13)11-8-16-18(7-3)9-11/h8-10,12-13H,5-7H2,1-4H3,(H,17,20). The fourth-order valence-electron chi connectivity index (χ4n) is 2.68. The minimum Gasteiger partial charge on any atom is -0.342 e. The van der Waals surface area contributed by atoms with Crippen LogP contribution < -0.4 is 10.2 Å². The van der Waals surface area contributed by atoms with Crippen LogP contribution in [0.3, 0.4) is 0 Å². The Morgan fingerprint density at radius 1 is 1.33 bits per heavy atom. The van der Waals surface area contributed by atoms with E-state index in [4.69, 9.17) is 0 Å². The van der Waals surface area contributed by atoms with Crippen LogP contribution in [0.2, 0.25) is 0 Å². The molecule has 0 radical (unpaired) electrons. The molecule has 1 aliphatic heterocycles. The number of rotatable bonds is 5. The number of carbonyl (C=O) groups is 2. The molecule has 0 aromatic carbocycles. The lowest BCUT2D eigenvalue weighted by molar-refractivity contribution is -0.135. The second kappa shape index (κ2) is 6.28. The van der Waals surface area contributed by atoms with E-state index in [0.29, 0.717) is 12.1 Å². The van der Waals surface area contributed by atoms with Gasteiger partial charge in [-0.15, -0.1) is 0 Å². The first kappa shape index (κ1) is 15.5. The molecule has 21 heavy (non-hydrogen) atoms. The SMILES string of the molecule is CCC(C)C1NC(=O)C(CC)N(c2cnn(CC)c2)C1=O. The summed E-state index contributed by atoms with van der Waals surface area (Å²) < 4.78 is 1.76. The summed E-state index contributed by atoms with van der Waals surface area (Å²) in [6.07, 6.45) is 4.92. The third-order valence-corrected chi connectivity index (χ3v) is 4.24. The average molecular weight is 292 g/mol. The maximum atomic E-state index is 12.8. The molecule has 1 fully saturated rings. The number of nitrogens with zero attached hydrogens (tertiary/aromatic N) is 3. The minimum absolute atomic E-state index is 0.0357. The molecule has 6 nitrogen and oxygen atoms in total. The van der Waals surface area contributed by atoms with Crippen molar-refractivity contribution in [1.82, 2.24) is 15.1 Å². The largest absolute Gasteiger partial charge is 0.342 e. The van der Waals surface area contributed by atoms with Crippen LogP contribution >= 0.6 is 0 Å². The number of piperazine rings is 1. The minimum atomic E-state index is -0.452. The first-order chi connectivity index (χ1) is 10.0. The summed E-state index contributed by atoms with van der Waals surface area (Å²) in [6.45, 7) is 8.65. The summed E-state index contributed by atoms with van der Waals surface area (Å²) in [7, 11) is 0. The maximum Gasteiger partial charge on any atom is 0.250 e. The van der Waals surface area contributed by atoms with Crippen molar-refractivity contribution in [3.63, 3.8) is 0 Å². The van der Waals surface area contributed by atoms with Crippen LogP contribution in [0.25, 0.3) is 0 Å². The Morgan fingerprint density at radius 3 is 2.57 bits per heavy atom. The zero-order valence-corrected chi connectivity index (χ0v) is 13.2. The van der Waals surface area contributed by atoms with E-state index in [1.807, 2.05) is 33.9 Å². The van der Waals surface area contributed by atoms with Crippen molar-refractivity contribution in [3.05, 3.63) is 12.4 Å². The molecule has 0 aliphatic carbocycles. The van der Waals surface area contributed by atoms with Gasteiger partial charge in [0, 0.05) is 12.7 Å². The van der Waals surface area contributed by atoms with Gasteiger partial charge in [-0.3, -0.25) is 19.2 Å². The van der Waals surface area contributed by atoms with Gasteiger partial charge >= 0.3 is 0 Å². The number of aromatic nitrogens is 2. The van der Waals surface area contributed by atoms with Gasteiger partial charge in [-0.1, -0.05) is 27.2 Å². The zero-order valence-electron chi connectivity index (χ0n) is 13.2. The number of amides is 2. The number of aryl methyl sites for hydroxylation is 1. The van der Waals surface area contributed by atoms with E-state index in [2.05, 4.69) is 10.4 Å². The fourth-order valence-corrected chi connectivity index (χ4v) is 2.68. The summed E-state index contributed by atoms with van der Waals surface area (Å²) in [5, 5.41) is 7.10. The smallest absolute Gasteiger partial charge is 0.250 e. The number of carbonyl (C=O) groups excluding carboxylic acids is 2. The molecule has 1 aromatic heterocycles. The Bertz CT molecular complexity index is 525. The third kappa shape index (κ3) is 2.80. The molecule has 1 N–H and O–H groups in total. The molecular weight excluding hydrogens is 268 g/mol. The molecular formula is C15H24N4O2. The Hall–Kier alpha value is -1.85. The Kier molecular flexibility index (Phi) is 4.65. The van der Waals surface area contributed by atoms with Gasteiger partial charge in [0.15, 0.2) is 0 Å². The summed E-state index contributed by atoms with van der Waals surface area (Å²) >= 11 is 0. The quantitative estimate of drug-likeness (QED) is 0.895. The van der Waals surface area contributed by atoms with Crippen molar-refractivity contribution >= 4 is 17.5 Å². The van der Waals surface area contributed by atoms with Crippen molar-refractivity contribution < 1.29 is 9.59 Å². The summed E-state index contributed by atoms with van der Waals surface area (Å²) in [5.41, 5.74) is 0.705. The van der Waals surface area contributed by atoms with Gasteiger partial charge in [0.2, 0.25) is 5.91 Å².